The Morgan fingerprint density at radius 3 is 1.38 bits per heavy atom. The standard InChI is InChI=1S/C16H16Br2O4S2/c17-13-3-1-11(23-13)15(19-7-8-20-15)5-6-16(21-9-10-22-16)12-2-4-14(18)24-12/h1-4H,5-10H2. The molecule has 2 fully saturated rings. The zero-order valence-corrected chi connectivity index (χ0v) is 17.6. The molecule has 24 heavy (non-hydrogen) atoms. The summed E-state index contributed by atoms with van der Waals surface area (Å²) in [6.07, 6.45) is 1.35. The van der Waals surface area contributed by atoms with Crippen molar-refractivity contribution in [1.29, 1.82) is 0 Å². The number of hydrogen-bond acceptors (Lipinski definition) is 6. The lowest BCUT2D eigenvalue weighted by Gasteiger charge is -2.32. The van der Waals surface area contributed by atoms with Gasteiger partial charge in [-0.25, -0.2) is 0 Å². The second-order valence-corrected chi connectivity index (χ2v) is 10.5. The van der Waals surface area contributed by atoms with E-state index in [1.807, 2.05) is 12.1 Å². The molecule has 0 aliphatic carbocycles. The highest BCUT2D eigenvalue weighted by atomic mass is 79.9. The quantitative estimate of drug-likeness (QED) is 0.570. The molecular weight excluding hydrogens is 480 g/mol. The van der Waals surface area contributed by atoms with Gasteiger partial charge in [-0.1, -0.05) is 0 Å². The summed E-state index contributed by atoms with van der Waals surface area (Å²) in [6.45, 7) is 2.42. The summed E-state index contributed by atoms with van der Waals surface area (Å²) in [6, 6.07) is 8.18. The molecule has 0 radical (unpaired) electrons. The Hall–Kier alpha value is 0.200. The molecule has 8 heteroatoms. The predicted molar refractivity (Wildman–Crippen MR) is 100 cm³/mol. The molecule has 0 bridgehead atoms. The van der Waals surface area contributed by atoms with Gasteiger partial charge in [0.1, 0.15) is 0 Å². The van der Waals surface area contributed by atoms with E-state index in [1.54, 1.807) is 22.7 Å². The number of rotatable bonds is 5. The largest absolute Gasteiger partial charge is 0.343 e. The average molecular weight is 496 g/mol. The molecule has 0 N–H and O–H groups in total. The molecule has 4 rings (SSSR count). The molecule has 0 amide bonds. The first-order valence-corrected chi connectivity index (χ1v) is 10.9. The lowest BCUT2D eigenvalue weighted by atomic mass is 10.0. The molecule has 0 unspecified atom stereocenters. The van der Waals surface area contributed by atoms with E-state index in [-0.39, 0.29) is 0 Å². The van der Waals surface area contributed by atoms with Gasteiger partial charge in [0.25, 0.3) is 0 Å². The summed E-state index contributed by atoms with van der Waals surface area (Å²) in [5, 5.41) is 0. The van der Waals surface area contributed by atoms with Crippen LogP contribution in [0.2, 0.25) is 0 Å². The van der Waals surface area contributed by atoms with Crippen LogP contribution in [-0.2, 0) is 30.5 Å². The first-order chi connectivity index (χ1) is 11.6. The minimum Gasteiger partial charge on any atom is -0.343 e. The molecule has 2 aromatic heterocycles. The number of ether oxygens (including phenoxy) is 4. The minimum absolute atomic E-state index is 0.606. The zero-order chi connectivity index (χ0) is 16.6. The van der Waals surface area contributed by atoms with Crippen LogP contribution in [0.3, 0.4) is 0 Å². The van der Waals surface area contributed by atoms with Crippen LogP contribution in [0.15, 0.2) is 31.8 Å². The van der Waals surface area contributed by atoms with Crippen molar-refractivity contribution in [2.45, 2.75) is 24.4 Å². The third-order valence-electron chi connectivity index (χ3n) is 4.19. The van der Waals surface area contributed by atoms with E-state index in [0.717, 1.165) is 17.3 Å². The SMILES string of the molecule is Brc1ccc(C2(CCC3(c4ccc(Br)s4)OCCO3)OCCO2)s1. The van der Waals surface area contributed by atoms with E-state index in [2.05, 4.69) is 44.0 Å². The van der Waals surface area contributed by atoms with Crippen LogP contribution in [0.4, 0.5) is 0 Å². The maximum absolute atomic E-state index is 6.04. The Labute approximate surface area is 165 Å². The van der Waals surface area contributed by atoms with Gasteiger partial charge in [0, 0.05) is 12.8 Å². The first-order valence-electron chi connectivity index (χ1n) is 7.69. The molecule has 4 heterocycles. The van der Waals surface area contributed by atoms with Gasteiger partial charge in [0.2, 0.25) is 11.6 Å². The fourth-order valence-electron chi connectivity index (χ4n) is 3.10. The molecule has 2 aromatic rings. The van der Waals surface area contributed by atoms with Crippen molar-refractivity contribution >= 4 is 54.5 Å². The highest BCUT2D eigenvalue weighted by Crippen LogP contribution is 2.47. The monoisotopic (exact) mass is 494 g/mol. The molecular formula is C16H16Br2O4S2. The van der Waals surface area contributed by atoms with Gasteiger partial charge < -0.3 is 18.9 Å². The van der Waals surface area contributed by atoms with Crippen LogP contribution < -0.4 is 0 Å². The second kappa shape index (κ2) is 7.08. The maximum atomic E-state index is 6.04. The summed E-state index contributed by atoms with van der Waals surface area (Å²) >= 11 is 10.3. The van der Waals surface area contributed by atoms with E-state index in [9.17, 15) is 0 Å². The van der Waals surface area contributed by atoms with Gasteiger partial charge in [0.05, 0.1) is 43.8 Å². The summed E-state index contributed by atoms with van der Waals surface area (Å²) in [5.74, 6) is -1.40. The summed E-state index contributed by atoms with van der Waals surface area (Å²) < 4.78 is 26.3. The van der Waals surface area contributed by atoms with Crippen LogP contribution in [0.5, 0.6) is 0 Å². The van der Waals surface area contributed by atoms with Crippen molar-refractivity contribution in [1.82, 2.24) is 0 Å². The van der Waals surface area contributed by atoms with Crippen LogP contribution in [0.1, 0.15) is 22.6 Å². The van der Waals surface area contributed by atoms with Gasteiger partial charge >= 0.3 is 0 Å². The first kappa shape index (κ1) is 17.6. The maximum Gasteiger partial charge on any atom is 0.204 e. The highest BCUT2D eigenvalue weighted by Gasteiger charge is 2.46. The average Bonchev–Trinajstić information content (AvgIpc) is 3.33. The Balaban J connectivity index is 1.58. The van der Waals surface area contributed by atoms with Crippen LogP contribution in [0.25, 0.3) is 0 Å². The van der Waals surface area contributed by atoms with Gasteiger partial charge in [-0.15, -0.1) is 22.7 Å². The van der Waals surface area contributed by atoms with Crippen LogP contribution >= 0.6 is 54.5 Å². The topological polar surface area (TPSA) is 36.9 Å². The van der Waals surface area contributed by atoms with E-state index in [4.69, 9.17) is 18.9 Å². The van der Waals surface area contributed by atoms with Gasteiger partial charge in [-0.2, -0.15) is 0 Å². The Bertz CT molecular complexity index is 642. The normalized spacial score (nSPS) is 22.2. The molecule has 0 aromatic carbocycles. The smallest absolute Gasteiger partial charge is 0.204 e. The van der Waals surface area contributed by atoms with Crippen molar-refractivity contribution in [2.75, 3.05) is 26.4 Å². The van der Waals surface area contributed by atoms with Crippen molar-refractivity contribution in [2.24, 2.45) is 0 Å². The van der Waals surface area contributed by atoms with Crippen LogP contribution in [0, 0.1) is 0 Å². The highest BCUT2D eigenvalue weighted by molar-refractivity contribution is 9.11. The molecule has 4 nitrogen and oxygen atoms in total. The summed E-state index contributed by atoms with van der Waals surface area (Å²) in [7, 11) is 0. The lowest BCUT2D eigenvalue weighted by Crippen LogP contribution is -2.33. The minimum atomic E-state index is -0.701. The van der Waals surface area contributed by atoms with Crippen molar-refractivity contribution < 1.29 is 18.9 Å². The number of halogens is 2. The van der Waals surface area contributed by atoms with Gasteiger partial charge in [-0.3, -0.25) is 0 Å². The molecule has 0 spiro atoms. The van der Waals surface area contributed by atoms with E-state index in [0.29, 0.717) is 39.3 Å². The molecule has 0 atom stereocenters. The number of thiophene rings is 2. The Morgan fingerprint density at radius 1 is 0.708 bits per heavy atom. The van der Waals surface area contributed by atoms with Crippen LogP contribution in [-0.4, -0.2) is 26.4 Å². The van der Waals surface area contributed by atoms with E-state index in [1.165, 1.54) is 0 Å². The fourth-order valence-corrected chi connectivity index (χ4v) is 6.12. The molecule has 2 saturated heterocycles. The number of hydrogen-bond donors (Lipinski definition) is 0. The van der Waals surface area contributed by atoms with Gasteiger partial charge in [-0.05, 0) is 56.1 Å². The van der Waals surface area contributed by atoms with E-state index < -0.39 is 11.6 Å². The summed E-state index contributed by atoms with van der Waals surface area (Å²) in [4.78, 5) is 2.15. The molecule has 2 aliphatic heterocycles. The molecule has 0 saturated carbocycles. The van der Waals surface area contributed by atoms with E-state index >= 15 is 0 Å². The zero-order valence-electron chi connectivity index (χ0n) is 12.8. The predicted octanol–water partition coefficient (Wildman–Crippen LogP) is 5.21. The van der Waals surface area contributed by atoms with Crippen molar-refractivity contribution in [3.8, 4) is 0 Å². The van der Waals surface area contributed by atoms with Crippen molar-refractivity contribution in [3.05, 3.63) is 41.6 Å². The second-order valence-electron chi connectivity index (χ2n) is 5.61. The van der Waals surface area contributed by atoms with Crippen molar-refractivity contribution in [3.63, 3.8) is 0 Å². The molecule has 130 valence electrons. The van der Waals surface area contributed by atoms with Gasteiger partial charge in [0.15, 0.2) is 0 Å². The lowest BCUT2D eigenvalue weighted by molar-refractivity contribution is -0.211. The fraction of sp³-hybridized carbons (Fsp3) is 0.500. The third kappa shape index (κ3) is 3.27. The summed E-state index contributed by atoms with van der Waals surface area (Å²) in [5.41, 5.74) is 0. The Morgan fingerprint density at radius 2 is 1.08 bits per heavy atom. The molecule has 2 aliphatic rings. The Kier molecular flexibility index (Phi) is 5.19. The third-order valence-corrected chi connectivity index (χ3v) is 7.68.